The summed E-state index contributed by atoms with van der Waals surface area (Å²) in [6.45, 7) is 1.83. The highest BCUT2D eigenvalue weighted by atomic mass is 35.5. The topological polar surface area (TPSA) is 48.1 Å². The number of halogens is 1. The quantitative estimate of drug-likeness (QED) is 0.656. The molecule has 11 heavy (non-hydrogen) atoms. The van der Waals surface area contributed by atoms with E-state index in [1.165, 1.54) is 7.11 Å². The van der Waals surface area contributed by atoms with Crippen molar-refractivity contribution in [2.24, 2.45) is 0 Å². The molecule has 0 aliphatic heterocycles. The molecule has 0 saturated carbocycles. The molecule has 0 unspecified atom stereocenters. The van der Waals surface area contributed by atoms with Crippen molar-refractivity contribution < 1.29 is 4.74 Å². The first-order valence-corrected chi connectivity index (χ1v) is 3.49. The number of rotatable bonds is 1. The molecule has 1 rings (SSSR count). The lowest BCUT2D eigenvalue weighted by Crippen LogP contribution is -1.96. The summed E-state index contributed by atoms with van der Waals surface area (Å²) in [6, 6.07) is 1.60. The van der Waals surface area contributed by atoms with E-state index < -0.39 is 0 Å². The highest BCUT2D eigenvalue weighted by Crippen LogP contribution is 2.23. The van der Waals surface area contributed by atoms with Gasteiger partial charge in [-0.15, -0.1) is 0 Å². The second kappa shape index (κ2) is 2.96. The van der Waals surface area contributed by atoms with Crippen LogP contribution in [0.5, 0.6) is 5.88 Å². The van der Waals surface area contributed by atoms with Crippen molar-refractivity contribution in [1.29, 1.82) is 0 Å². The molecule has 1 heterocycles. The molecule has 0 spiro atoms. The van der Waals surface area contributed by atoms with Crippen LogP contribution in [0.3, 0.4) is 0 Å². The molecule has 0 aliphatic carbocycles. The van der Waals surface area contributed by atoms with E-state index >= 15 is 0 Å². The standard InChI is InChI=1S/C7H9ClN2O/c1-4-5(9)3-6(8)10-7(4)11-2/h3H,1-2H3,(H2,9,10). The summed E-state index contributed by atoms with van der Waals surface area (Å²) < 4.78 is 4.93. The van der Waals surface area contributed by atoms with Gasteiger partial charge in [0.2, 0.25) is 5.88 Å². The molecule has 0 radical (unpaired) electrons. The van der Waals surface area contributed by atoms with Crippen molar-refractivity contribution in [3.63, 3.8) is 0 Å². The Kier molecular flexibility index (Phi) is 2.19. The van der Waals surface area contributed by atoms with Crippen LogP contribution in [0.25, 0.3) is 0 Å². The third kappa shape index (κ3) is 1.54. The first-order valence-electron chi connectivity index (χ1n) is 3.11. The third-order valence-electron chi connectivity index (χ3n) is 1.43. The van der Waals surface area contributed by atoms with Crippen molar-refractivity contribution in [1.82, 2.24) is 4.98 Å². The Labute approximate surface area is 70.1 Å². The van der Waals surface area contributed by atoms with Gasteiger partial charge in [0.05, 0.1) is 7.11 Å². The second-order valence-electron chi connectivity index (χ2n) is 2.17. The molecule has 0 fully saturated rings. The number of hydrogen-bond donors (Lipinski definition) is 1. The number of methoxy groups -OCH3 is 1. The highest BCUT2D eigenvalue weighted by Gasteiger charge is 2.04. The van der Waals surface area contributed by atoms with Gasteiger partial charge in [-0.3, -0.25) is 0 Å². The van der Waals surface area contributed by atoms with Gasteiger partial charge in [-0.05, 0) is 13.0 Å². The predicted octanol–water partition coefficient (Wildman–Crippen LogP) is 1.63. The van der Waals surface area contributed by atoms with E-state index in [1.807, 2.05) is 6.92 Å². The number of pyridine rings is 1. The molecule has 1 aromatic heterocycles. The summed E-state index contributed by atoms with van der Waals surface area (Å²) in [6.07, 6.45) is 0. The fraction of sp³-hybridized carbons (Fsp3) is 0.286. The van der Waals surface area contributed by atoms with Crippen LogP contribution < -0.4 is 10.5 Å². The largest absolute Gasteiger partial charge is 0.481 e. The van der Waals surface area contributed by atoms with Crippen LogP contribution in [0.2, 0.25) is 5.15 Å². The zero-order valence-electron chi connectivity index (χ0n) is 6.39. The maximum atomic E-state index is 5.63. The number of nitrogen functional groups attached to an aromatic ring is 1. The number of nitrogens with two attached hydrogens (primary N) is 1. The van der Waals surface area contributed by atoms with Gasteiger partial charge in [0.1, 0.15) is 5.15 Å². The molecule has 4 heteroatoms. The van der Waals surface area contributed by atoms with Gasteiger partial charge in [-0.1, -0.05) is 11.6 Å². The molecule has 0 atom stereocenters. The van der Waals surface area contributed by atoms with Gasteiger partial charge in [0.15, 0.2) is 0 Å². The monoisotopic (exact) mass is 172 g/mol. The van der Waals surface area contributed by atoms with E-state index in [4.69, 9.17) is 22.1 Å². The third-order valence-corrected chi connectivity index (χ3v) is 1.62. The number of nitrogens with zero attached hydrogens (tertiary/aromatic N) is 1. The van der Waals surface area contributed by atoms with E-state index in [0.717, 1.165) is 5.56 Å². The second-order valence-corrected chi connectivity index (χ2v) is 2.56. The van der Waals surface area contributed by atoms with Crippen molar-refractivity contribution in [2.75, 3.05) is 12.8 Å². The van der Waals surface area contributed by atoms with Crippen LogP contribution in [0.15, 0.2) is 6.07 Å². The van der Waals surface area contributed by atoms with Gasteiger partial charge in [-0.25, -0.2) is 4.98 Å². The Morgan fingerprint density at radius 1 is 1.64 bits per heavy atom. The molecule has 0 aromatic carbocycles. The summed E-state index contributed by atoms with van der Waals surface area (Å²) in [5, 5.41) is 0.352. The summed E-state index contributed by atoms with van der Waals surface area (Å²) in [5.41, 5.74) is 7.01. The first kappa shape index (κ1) is 8.14. The molecule has 0 saturated heterocycles. The lowest BCUT2D eigenvalue weighted by atomic mass is 10.2. The molecule has 1 aromatic rings. The van der Waals surface area contributed by atoms with Gasteiger partial charge in [-0.2, -0.15) is 0 Å². The maximum absolute atomic E-state index is 5.63. The Hall–Kier alpha value is -0.960. The van der Waals surface area contributed by atoms with Crippen molar-refractivity contribution in [2.45, 2.75) is 6.92 Å². The predicted molar refractivity (Wildman–Crippen MR) is 44.9 cm³/mol. The molecule has 60 valence electrons. The SMILES string of the molecule is COc1nc(Cl)cc(N)c1C. The van der Waals surface area contributed by atoms with E-state index in [0.29, 0.717) is 16.7 Å². The first-order chi connectivity index (χ1) is 5.15. The minimum atomic E-state index is 0.352. The molecule has 3 nitrogen and oxygen atoms in total. The maximum Gasteiger partial charge on any atom is 0.219 e. The van der Waals surface area contributed by atoms with Crippen LogP contribution in [-0.2, 0) is 0 Å². The van der Waals surface area contributed by atoms with E-state index in [-0.39, 0.29) is 0 Å². The Morgan fingerprint density at radius 3 is 2.82 bits per heavy atom. The molecule has 0 bridgehead atoms. The zero-order valence-corrected chi connectivity index (χ0v) is 7.14. The number of anilines is 1. The average molecular weight is 173 g/mol. The smallest absolute Gasteiger partial charge is 0.219 e. The molecule has 0 amide bonds. The summed E-state index contributed by atoms with van der Waals surface area (Å²) in [5.74, 6) is 0.481. The number of hydrogen-bond acceptors (Lipinski definition) is 3. The van der Waals surface area contributed by atoms with E-state index in [9.17, 15) is 0 Å². The van der Waals surface area contributed by atoms with Gasteiger partial charge < -0.3 is 10.5 Å². The fourth-order valence-corrected chi connectivity index (χ4v) is 0.966. The average Bonchev–Trinajstić information content (AvgIpc) is 1.96. The lowest BCUT2D eigenvalue weighted by molar-refractivity contribution is 0.395. The molecular weight excluding hydrogens is 164 g/mol. The molecule has 2 N–H and O–H groups in total. The van der Waals surface area contributed by atoms with Crippen molar-refractivity contribution in [3.8, 4) is 5.88 Å². The Balaban J connectivity index is 3.24. The Bertz CT molecular complexity index is 275. The van der Waals surface area contributed by atoms with Crippen molar-refractivity contribution >= 4 is 17.3 Å². The van der Waals surface area contributed by atoms with Gasteiger partial charge in [0.25, 0.3) is 0 Å². The Morgan fingerprint density at radius 2 is 2.27 bits per heavy atom. The highest BCUT2D eigenvalue weighted by molar-refractivity contribution is 6.29. The minimum Gasteiger partial charge on any atom is -0.481 e. The van der Waals surface area contributed by atoms with Crippen LogP contribution in [0.1, 0.15) is 5.56 Å². The summed E-state index contributed by atoms with van der Waals surface area (Å²) in [7, 11) is 1.53. The van der Waals surface area contributed by atoms with Crippen LogP contribution in [0, 0.1) is 6.92 Å². The van der Waals surface area contributed by atoms with Gasteiger partial charge >= 0.3 is 0 Å². The zero-order chi connectivity index (χ0) is 8.43. The van der Waals surface area contributed by atoms with Crippen LogP contribution in [0.4, 0.5) is 5.69 Å². The van der Waals surface area contributed by atoms with E-state index in [1.54, 1.807) is 6.07 Å². The summed E-state index contributed by atoms with van der Waals surface area (Å²) in [4.78, 5) is 3.92. The molecule has 0 aliphatic rings. The van der Waals surface area contributed by atoms with Crippen molar-refractivity contribution in [3.05, 3.63) is 16.8 Å². The normalized spacial score (nSPS) is 9.73. The van der Waals surface area contributed by atoms with Crippen LogP contribution >= 0.6 is 11.6 Å². The minimum absolute atomic E-state index is 0.352. The van der Waals surface area contributed by atoms with Crippen LogP contribution in [-0.4, -0.2) is 12.1 Å². The lowest BCUT2D eigenvalue weighted by Gasteiger charge is -2.05. The van der Waals surface area contributed by atoms with Gasteiger partial charge in [0, 0.05) is 11.3 Å². The van der Waals surface area contributed by atoms with E-state index in [2.05, 4.69) is 4.98 Å². The fourth-order valence-electron chi connectivity index (χ4n) is 0.772. The number of ether oxygens (including phenoxy) is 1. The summed E-state index contributed by atoms with van der Waals surface area (Å²) >= 11 is 5.63. The number of aromatic nitrogens is 1. The molecular formula is C7H9ClN2O.